The average molecular weight is 697 g/mol. The molecule has 7 aromatic rings. The molecule has 0 aliphatic carbocycles. The van der Waals surface area contributed by atoms with Crippen molar-refractivity contribution in [2.45, 2.75) is 0 Å². The zero-order chi connectivity index (χ0) is 34.3. The number of hydrogen-bond donors (Lipinski definition) is 2. The van der Waals surface area contributed by atoms with E-state index in [1.54, 1.807) is 22.7 Å². The number of aromatic nitrogens is 10. The number of aromatic amines is 2. The van der Waals surface area contributed by atoms with Crippen LogP contribution in [-0.2, 0) is 42.3 Å². The molecule has 0 amide bonds. The van der Waals surface area contributed by atoms with Gasteiger partial charge >= 0.3 is 0 Å². The number of nitrogens with zero attached hydrogens (tertiary/aromatic N) is 8. The second-order valence-electron chi connectivity index (χ2n) is 12.8. The van der Waals surface area contributed by atoms with E-state index in [4.69, 9.17) is 9.97 Å². The smallest absolute Gasteiger partial charge is 0.292 e. The van der Waals surface area contributed by atoms with E-state index in [-0.39, 0.29) is 0 Å². The Hall–Kier alpha value is -5.72. The molecule has 246 valence electrons. The SMILES string of the molecule is Cn1cc[n+](C)c1-c1c2nc(c(-c3scc[n+]3C)c3ccc([nH]3)c(-c3n(C)cc[n+]3C)c3nc(c(-c4scc[n+]4C)c4ccc1[nH]4)C=C3)C=C2. The lowest BCUT2D eigenvalue weighted by molar-refractivity contribution is -0.659. The molecule has 0 saturated heterocycles. The van der Waals surface area contributed by atoms with Gasteiger partial charge in [-0.25, -0.2) is 28.2 Å². The van der Waals surface area contributed by atoms with Crippen molar-refractivity contribution in [2.24, 2.45) is 42.3 Å². The molecule has 9 rings (SSSR count). The molecule has 50 heavy (non-hydrogen) atoms. The lowest BCUT2D eigenvalue weighted by Gasteiger charge is -2.03. The second-order valence-corrected chi connectivity index (χ2v) is 14.6. The summed E-state index contributed by atoms with van der Waals surface area (Å²) in [6.07, 6.45) is 21.1. The van der Waals surface area contributed by atoms with Crippen LogP contribution in [0, 0.1) is 0 Å². The molecule has 2 aliphatic heterocycles. The minimum atomic E-state index is 0.890. The van der Waals surface area contributed by atoms with Crippen LogP contribution in [0.4, 0.5) is 0 Å². The van der Waals surface area contributed by atoms with Gasteiger partial charge in [0, 0.05) is 0 Å². The standard InChI is InChI=1S/C38H35N10S2/c1-43-15-16-44(2)35(43)31-23-7-11-27(39-23)33(37-47(5)19-21-49-37)29-13-9-25(41-29)32(36-45(3)17-18-46(36)4)26-10-14-30(42-26)34(28-12-8-24(31)40-28)38-48(6)20-22-50-38/h7-22H,1-6H3,(H,39,40,41,42)/q+3/p+1. The van der Waals surface area contributed by atoms with Crippen molar-refractivity contribution in [3.8, 4) is 43.9 Å². The Labute approximate surface area is 296 Å². The number of rotatable bonds is 4. The van der Waals surface area contributed by atoms with Gasteiger partial charge in [0.1, 0.15) is 61.1 Å². The minimum Gasteiger partial charge on any atom is -0.354 e. The van der Waals surface area contributed by atoms with E-state index >= 15 is 0 Å². The number of imidazole rings is 2. The maximum Gasteiger partial charge on any atom is 0.292 e. The van der Waals surface area contributed by atoms with Crippen molar-refractivity contribution >= 4 is 69.0 Å². The minimum absolute atomic E-state index is 0.890. The Morgan fingerprint density at radius 1 is 0.500 bits per heavy atom. The summed E-state index contributed by atoms with van der Waals surface area (Å²) in [4.78, 5) is 18.5. The highest BCUT2D eigenvalue weighted by Gasteiger charge is 2.28. The number of nitrogens with one attached hydrogen (secondary N) is 2. The molecule has 0 fully saturated rings. The van der Waals surface area contributed by atoms with Crippen molar-refractivity contribution in [1.29, 1.82) is 0 Å². The third-order valence-electron chi connectivity index (χ3n) is 9.56. The topological polar surface area (TPSA) is 82.7 Å². The number of hydrogen-bond acceptors (Lipinski definition) is 4. The molecule has 0 saturated carbocycles. The van der Waals surface area contributed by atoms with Gasteiger partial charge in [0.15, 0.2) is 12.4 Å². The fourth-order valence-corrected chi connectivity index (χ4v) is 9.02. The van der Waals surface area contributed by atoms with Crippen LogP contribution < -0.4 is 18.3 Å². The predicted octanol–water partition coefficient (Wildman–Crippen LogP) is 5.42. The van der Waals surface area contributed by atoms with Gasteiger partial charge in [-0.05, 0) is 48.6 Å². The molecular weight excluding hydrogens is 661 g/mol. The molecule has 9 heterocycles. The Morgan fingerprint density at radius 3 is 1.18 bits per heavy atom. The fraction of sp³-hybridized carbons (Fsp3) is 0.158. The highest BCUT2D eigenvalue weighted by molar-refractivity contribution is 7.13. The van der Waals surface area contributed by atoms with Crippen LogP contribution in [0.1, 0.15) is 22.8 Å². The van der Waals surface area contributed by atoms with Crippen LogP contribution in [0.2, 0.25) is 0 Å². The van der Waals surface area contributed by atoms with E-state index in [1.807, 2.05) is 0 Å². The van der Waals surface area contributed by atoms with Crippen LogP contribution >= 0.6 is 22.7 Å². The number of fused-ring (bicyclic) bond motifs is 8. The predicted molar refractivity (Wildman–Crippen MR) is 199 cm³/mol. The molecule has 2 aliphatic rings. The summed E-state index contributed by atoms with van der Waals surface area (Å²) in [7, 11) is 12.5. The zero-order valence-corrected chi connectivity index (χ0v) is 30.3. The van der Waals surface area contributed by atoms with Crippen molar-refractivity contribution in [2.75, 3.05) is 0 Å². The molecule has 0 atom stereocenters. The van der Waals surface area contributed by atoms with E-state index in [9.17, 15) is 0 Å². The van der Waals surface area contributed by atoms with Crippen LogP contribution in [-0.4, -0.2) is 29.1 Å². The second kappa shape index (κ2) is 11.4. The van der Waals surface area contributed by atoms with Gasteiger partial charge < -0.3 is 9.97 Å². The van der Waals surface area contributed by atoms with E-state index < -0.39 is 0 Å². The highest BCUT2D eigenvalue weighted by atomic mass is 32.1. The molecule has 8 bridgehead atoms. The van der Waals surface area contributed by atoms with Crippen LogP contribution in [0.3, 0.4) is 0 Å². The van der Waals surface area contributed by atoms with Crippen LogP contribution in [0.5, 0.6) is 0 Å². The summed E-state index contributed by atoms with van der Waals surface area (Å²) in [5.74, 6) is 2.09. The third-order valence-corrected chi connectivity index (χ3v) is 11.5. The fourth-order valence-electron chi connectivity index (χ4n) is 7.16. The van der Waals surface area contributed by atoms with Gasteiger partial charge in [0.2, 0.25) is 0 Å². The van der Waals surface area contributed by atoms with Gasteiger partial charge in [0.25, 0.3) is 21.7 Å². The Morgan fingerprint density at radius 2 is 0.860 bits per heavy atom. The van der Waals surface area contributed by atoms with Gasteiger partial charge in [0.05, 0.1) is 83.8 Å². The van der Waals surface area contributed by atoms with Gasteiger partial charge in [-0.2, -0.15) is 9.13 Å². The summed E-state index contributed by atoms with van der Waals surface area (Å²) in [6.45, 7) is 0. The monoisotopic (exact) mass is 696 g/mol. The van der Waals surface area contributed by atoms with E-state index in [0.717, 1.165) is 88.8 Å². The molecule has 2 N–H and O–H groups in total. The van der Waals surface area contributed by atoms with E-state index in [2.05, 4.69) is 176 Å². The van der Waals surface area contributed by atoms with Crippen LogP contribution in [0.15, 0.2) is 72.2 Å². The van der Waals surface area contributed by atoms with Crippen molar-refractivity contribution in [1.82, 2.24) is 29.1 Å². The molecule has 10 nitrogen and oxygen atoms in total. The molecule has 0 radical (unpaired) electrons. The summed E-state index contributed by atoms with van der Waals surface area (Å²) >= 11 is 3.41. The van der Waals surface area contributed by atoms with Gasteiger partial charge in [-0.3, -0.25) is 0 Å². The molecule has 0 spiro atoms. The first-order chi connectivity index (χ1) is 24.3. The lowest BCUT2D eigenvalue weighted by atomic mass is 10.1. The first-order valence-electron chi connectivity index (χ1n) is 16.3. The third kappa shape index (κ3) is 4.66. The Bertz CT molecular complexity index is 2510. The number of thiazole rings is 2. The molecule has 7 aromatic heterocycles. The maximum absolute atomic E-state index is 5.41. The average Bonchev–Trinajstić information content (AvgIpc) is 3.94. The van der Waals surface area contributed by atoms with Crippen LogP contribution in [0.25, 0.3) is 90.3 Å². The Kier molecular flexibility index (Phi) is 6.94. The van der Waals surface area contributed by atoms with Crippen molar-refractivity contribution in [3.05, 3.63) is 95.0 Å². The summed E-state index contributed by atoms with van der Waals surface area (Å²) in [5.41, 5.74) is 11.6. The maximum atomic E-state index is 5.41. The first-order valence-corrected chi connectivity index (χ1v) is 18.1. The summed E-state index contributed by atoms with van der Waals surface area (Å²) < 4.78 is 12.9. The number of aryl methyl sites for hydroxylation is 6. The molecular formula is C38H36N10S2+4. The summed E-state index contributed by atoms with van der Waals surface area (Å²) in [6, 6.07) is 8.69. The summed E-state index contributed by atoms with van der Waals surface area (Å²) in [5, 5.41) is 6.46. The highest BCUT2D eigenvalue weighted by Crippen LogP contribution is 2.37. The van der Waals surface area contributed by atoms with E-state index in [0.29, 0.717) is 0 Å². The normalized spacial score (nSPS) is 12.4. The quantitative estimate of drug-likeness (QED) is 0.241. The van der Waals surface area contributed by atoms with Crippen molar-refractivity contribution < 1.29 is 18.3 Å². The zero-order valence-electron chi connectivity index (χ0n) is 28.6. The Balaban J connectivity index is 1.52. The van der Waals surface area contributed by atoms with Gasteiger partial charge in [-0.1, -0.05) is 22.7 Å². The first kappa shape index (κ1) is 30.3. The molecule has 0 unspecified atom stereocenters. The lowest BCUT2D eigenvalue weighted by Crippen LogP contribution is -2.29. The largest absolute Gasteiger partial charge is 0.354 e. The van der Waals surface area contributed by atoms with Crippen molar-refractivity contribution in [3.63, 3.8) is 0 Å². The van der Waals surface area contributed by atoms with Gasteiger partial charge in [-0.15, -0.1) is 0 Å². The molecule has 0 aromatic carbocycles. The number of H-pyrrole nitrogens is 2. The van der Waals surface area contributed by atoms with E-state index in [1.165, 1.54) is 0 Å². The molecule has 12 heteroatoms.